The van der Waals surface area contributed by atoms with E-state index in [9.17, 15) is 8.42 Å². The van der Waals surface area contributed by atoms with Crippen LogP contribution in [0.25, 0.3) is 0 Å². The third-order valence-electron chi connectivity index (χ3n) is 4.87. The van der Waals surface area contributed by atoms with E-state index in [1.165, 1.54) is 19.3 Å². The van der Waals surface area contributed by atoms with E-state index in [1.807, 2.05) is 25.2 Å². The second-order valence-electron chi connectivity index (χ2n) is 6.15. The summed E-state index contributed by atoms with van der Waals surface area (Å²) in [5, 5.41) is 3.06. The molecule has 2 aliphatic rings. The molecule has 2 unspecified atom stereocenters. The summed E-state index contributed by atoms with van der Waals surface area (Å²) in [5.74, 6) is 0.574. The van der Waals surface area contributed by atoms with Gasteiger partial charge in [0.15, 0.2) is 0 Å². The Kier molecular flexibility index (Phi) is 4.33. The van der Waals surface area contributed by atoms with E-state index in [0.717, 1.165) is 18.4 Å². The number of sulfonamides is 1. The lowest BCUT2D eigenvalue weighted by atomic mass is 9.94. The van der Waals surface area contributed by atoms with Crippen LogP contribution < -0.4 is 5.32 Å². The van der Waals surface area contributed by atoms with Crippen LogP contribution in [-0.2, 0) is 16.6 Å². The molecule has 1 aromatic rings. The molecule has 4 nitrogen and oxygen atoms in total. The fraction of sp³-hybridized carbons (Fsp3) is 0.625. The van der Waals surface area contributed by atoms with Gasteiger partial charge in [0, 0.05) is 19.1 Å². The van der Waals surface area contributed by atoms with Gasteiger partial charge in [0.1, 0.15) is 0 Å². The minimum Gasteiger partial charge on any atom is -0.316 e. The average Bonchev–Trinajstić information content (AvgIpc) is 2.96. The molecule has 0 aromatic heterocycles. The average molecular weight is 308 g/mol. The normalized spacial score (nSPS) is 26.7. The zero-order valence-electron chi connectivity index (χ0n) is 12.6. The third-order valence-corrected chi connectivity index (χ3v) is 6.89. The summed E-state index contributed by atoms with van der Waals surface area (Å²) in [4.78, 5) is 0.479. The van der Waals surface area contributed by atoms with Gasteiger partial charge < -0.3 is 5.32 Å². The second kappa shape index (κ2) is 6.07. The van der Waals surface area contributed by atoms with Crippen LogP contribution in [0.5, 0.6) is 0 Å². The van der Waals surface area contributed by atoms with Gasteiger partial charge in [0.2, 0.25) is 10.0 Å². The monoisotopic (exact) mass is 308 g/mol. The highest BCUT2D eigenvalue weighted by molar-refractivity contribution is 7.89. The van der Waals surface area contributed by atoms with Crippen molar-refractivity contribution in [1.82, 2.24) is 9.62 Å². The van der Waals surface area contributed by atoms with E-state index in [4.69, 9.17) is 0 Å². The first-order valence-electron chi connectivity index (χ1n) is 7.89. The largest absolute Gasteiger partial charge is 0.316 e. The van der Waals surface area contributed by atoms with Gasteiger partial charge in [-0.1, -0.05) is 24.6 Å². The van der Waals surface area contributed by atoms with Gasteiger partial charge in [0.05, 0.1) is 4.90 Å². The molecule has 1 heterocycles. The lowest BCUT2D eigenvalue weighted by molar-refractivity contribution is 0.202. The topological polar surface area (TPSA) is 49.4 Å². The standard InChI is InChI=1S/C16H24N2O2S/c1-17-12-14-6-2-3-10-16(14)21(19,20)18-11-5-8-13-7-4-9-15(13)18/h2-3,6,10,13,15,17H,4-5,7-9,11-12H2,1H3. The highest BCUT2D eigenvalue weighted by Crippen LogP contribution is 2.39. The van der Waals surface area contributed by atoms with E-state index in [0.29, 0.717) is 23.9 Å². The minimum atomic E-state index is -3.38. The molecule has 0 radical (unpaired) electrons. The summed E-state index contributed by atoms with van der Waals surface area (Å²) in [6, 6.07) is 7.61. The van der Waals surface area contributed by atoms with Crippen molar-refractivity contribution >= 4 is 10.0 Å². The Labute approximate surface area is 127 Å². The molecular formula is C16H24N2O2S. The molecule has 1 aromatic carbocycles. The van der Waals surface area contributed by atoms with Crippen LogP contribution >= 0.6 is 0 Å². The maximum atomic E-state index is 13.1. The van der Waals surface area contributed by atoms with Crippen LogP contribution in [0.2, 0.25) is 0 Å². The molecule has 1 aliphatic carbocycles. The molecule has 1 N–H and O–H groups in total. The number of fused-ring (bicyclic) bond motifs is 1. The van der Waals surface area contributed by atoms with Crippen molar-refractivity contribution in [2.45, 2.75) is 49.6 Å². The number of benzene rings is 1. The van der Waals surface area contributed by atoms with E-state index in [2.05, 4.69) is 5.32 Å². The molecule has 3 rings (SSSR count). The maximum Gasteiger partial charge on any atom is 0.243 e. The van der Waals surface area contributed by atoms with Crippen molar-refractivity contribution in [2.24, 2.45) is 5.92 Å². The van der Waals surface area contributed by atoms with Gasteiger partial charge in [0.25, 0.3) is 0 Å². The van der Waals surface area contributed by atoms with Gasteiger partial charge in [-0.25, -0.2) is 8.42 Å². The first-order chi connectivity index (χ1) is 10.1. The summed E-state index contributed by atoms with van der Waals surface area (Å²) in [7, 11) is -1.53. The highest BCUT2D eigenvalue weighted by Gasteiger charge is 2.41. The smallest absolute Gasteiger partial charge is 0.243 e. The van der Waals surface area contributed by atoms with Crippen molar-refractivity contribution < 1.29 is 8.42 Å². The van der Waals surface area contributed by atoms with E-state index in [1.54, 1.807) is 10.4 Å². The number of nitrogens with zero attached hydrogens (tertiary/aromatic N) is 1. The fourth-order valence-corrected chi connectivity index (χ4v) is 5.90. The van der Waals surface area contributed by atoms with E-state index < -0.39 is 10.0 Å². The van der Waals surface area contributed by atoms with Gasteiger partial charge in [-0.3, -0.25) is 0 Å². The Morgan fingerprint density at radius 1 is 1.19 bits per heavy atom. The molecule has 0 bridgehead atoms. The van der Waals surface area contributed by atoms with Crippen molar-refractivity contribution in [2.75, 3.05) is 13.6 Å². The molecule has 1 saturated carbocycles. The molecular weight excluding hydrogens is 284 g/mol. The number of piperidine rings is 1. The molecule has 5 heteroatoms. The fourth-order valence-electron chi connectivity index (χ4n) is 3.92. The molecule has 1 saturated heterocycles. The zero-order valence-corrected chi connectivity index (χ0v) is 13.4. The van der Waals surface area contributed by atoms with Gasteiger partial charge >= 0.3 is 0 Å². The number of nitrogens with one attached hydrogen (secondary N) is 1. The summed E-state index contributed by atoms with van der Waals surface area (Å²) < 4.78 is 28.0. The van der Waals surface area contributed by atoms with Gasteiger partial charge in [-0.2, -0.15) is 4.31 Å². The van der Waals surface area contributed by atoms with Gasteiger partial charge in [-0.05, 0) is 50.3 Å². The van der Waals surface area contributed by atoms with Crippen molar-refractivity contribution in [3.05, 3.63) is 29.8 Å². The van der Waals surface area contributed by atoms with E-state index >= 15 is 0 Å². The molecule has 2 atom stereocenters. The van der Waals surface area contributed by atoms with Crippen molar-refractivity contribution in [3.63, 3.8) is 0 Å². The second-order valence-corrected chi connectivity index (χ2v) is 8.01. The van der Waals surface area contributed by atoms with Crippen molar-refractivity contribution in [1.29, 1.82) is 0 Å². The number of hydrogen-bond donors (Lipinski definition) is 1. The Morgan fingerprint density at radius 2 is 1.95 bits per heavy atom. The maximum absolute atomic E-state index is 13.1. The summed E-state index contributed by atoms with van der Waals surface area (Å²) in [5.41, 5.74) is 0.861. The quantitative estimate of drug-likeness (QED) is 0.929. The predicted octanol–water partition coefficient (Wildman–Crippen LogP) is 2.36. The number of hydrogen-bond acceptors (Lipinski definition) is 3. The Hall–Kier alpha value is -0.910. The summed E-state index contributed by atoms with van der Waals surface area (Å²) >= 11 is 0. The molecule has 116 valence electrons. The van der Waals surface area contributed by atoms with Crippen LogP contribution in [0.3, 0.4) is 0 Å². The Balaban J connectivity index is 1.96. The number of rotatable bonds is 4. The van der Waals surface area contributed by atoms with Crippen LogP contribution in [0.15, 0.2) is 29.2 Å². The van der Waals surface area contributed by atoms with Crippen LogP contribution in [0, 0.1) is 5.92 Å². The Morgan fingerprint density at radius 3 is 2.76 bits per heavy atom. The molecule has 2 fully saturated rings. The lowest BCUT2D eigenvalue weighted by Gasteiger charge is -2.37. The highest BCUT2D eigenvalue weighted by atomic mass is 32.2. The molecule has 21 heavy (non-hydrogen) atoms. The molecule has 1 aliphatic heterocycles. The first-order valence-corrected chi connectivity index (χ1v) is 9.33. The predicted molar refractivity (Wildman–Crippen MR) is 83.5 cm³/mol. The first kappa shape index (κ1) is 15.0. The lowest BCUT2D eigenvalue weighted by Crippen LogP contribution is -2.46. The van der Waals surface area contributed by atoms with Crippen molar-refractivity contribution in [3.8, 4) is 0 Å². The third kappa shape index (κ3) is 2.74. The molecule has 0 spiro atoms. The SMILES string of the molecule is CNCc1ccccc1S(=O)(=O)N1CCCC2CCCC21. The van der Waals surface area contributed by atoms with Crippen LogP contribution in [-0.4, -0.2) is 32.4 Å². The summed E-state index contributed by atoms with van der Waals surface area (Å²) in [6.45, 7) is 1.26. The molecule has 0 amide bonds. The van der Waals surface area contributed by atoms with Crippen LogP contribution in [0.1, 0.15) is 37.7 Å². The zero-order chi connectivity index (χ0) is 14.9. The van der Waals surface area contributed by atoms with Crippen LogP contribution in [0.4, 0.5) is 0 Å². The van der Waals surface area contributed by atoms with Gasteiger partial charge in [-0.15, -0.1) is 0 Å². The van der Waals surface area contributed by atoms with E-state index in [-0.39, 0.29) is 6.04 Å². The minimum absolute atomic E-state index is 0.228. The summed E-state index contributed by atoms with van der Waals surface area (Å²) in [6.07, 6.45) is 5.57. The Bertz CT molecular complexity index is 600.